The van der Waals surface area contributed by atoms with Gasteiger partial charge < -0.3 is 19.7 Å². The summed E-state index contributed by atoms with van der Waals surface area (Å²) in [5.74, 6) is 0.688. The molecule has 0 saturated carbocycles. The van der Waals surface area contributed by atoms with Crippen molar-refractivity contribution in [3.63, 3.8) is 0 Å². The Morgan fingerprint density at radius 1 is 1.29 bits per heavy atom. The number of aromatic nitrogens is 1. The number of anilines is 1. The molecule has 0 aliphatic carbocycles. The summed E-state index contributed by atoms with van der Waals surface area (Å²) in [6, 6.07) is 9.81. The molecule has 11 heteroatoms. The number of fused-ring (bicyclic) bond motifs is 2. The molecule has 0 radical (unpaired) electrons. The fourth-order valence-electron chi connectivity index (χ4n) is 3.45. The van der Waals surface area contributed by atoms with Gasteiger partial charge in [0.25, 0.3) is 10.1 Å². The van der Waals surface area contributed by atoms with Gasteiger partial charge in [0.2, 0.25) is 11.8 Å². The Morgan fingerprint density at radius 2 is 2.03 bits per heavy atom. The van der Waals surface area contributed by atoms with E-state index in [9.17, 15) is 18.0 Å². The fraction of sp³-hybridized carbons (Fsp3) is 0.292. The average Bonchev–Trinajstić information content (AvgIpc) is 3.12. The van der Waals surface area contributed by atoms with E-state index >= 15 is 0 Å². The normalized spacial score (nSPS) is 13.2. The molecule has 186 valence electrons. The number of nitrogens with zero attached hydrogens (tertiary/aromatic N) is 2. The summed E-state index contributed by atoms with van der Waals surface area (Å²) < 4.78 is 33.0. The van der Waals surface area contributed by atoms with Crippen molar-refractivity contribution < 1.29 is 32.1 Å². The van der Waals surface area contributed by atoms with E-state index in [1.54, 1.807) is 24.2 Å². The minimum atomic E-state index is -3.92. The van der Waals surface area contributed by atoms with Crippen molar-refractivity contribution in [2.45, 2.75) is 26.3 Å². The zero-order valence-corrected chi connectivity index (χ0v) is 20.2. The second-order valence-electron chi connectivity index (χ2n) is 8.01. The van der Waals surface area contributed by atoms with Gasteiger partial charge in [-0.2, -0.15) is 8.42 Å². The largest absolute Gasteiger partial charge is 0.459 e. The van der Waals surface area contributed by atoms with Gasteiger partial charge in [-0.1, -0.05) is 18.2 Å². The zero-order valence-electron chi connectivity index (χ0n) is 19.4. The van der Waals surface area contributed by atoms with E-state index < -0.39 is 22.5 Å². The van der Waals surface area contributed by atoms with Crippen LogP contribution in [0.3, 0.4) is 0 Å². The number of para-hydroxylation sites is 1. The molecule has 1 aliphatic heterocycles. The van der Waals surface area contributed by atoms with Crippen molar-refractivity contribution in [1.29, 1.82) is 0 Å². The third-order valence-electron chi connectivity index (χ3n) is 5.33. The van der Waals surface area contributed by atoms with Gasteiger partial charge in [-0.3, -0.25) is 14.1 Å². The number of carbonyl (C=O) groups excluding carboxylic acids is 2. The molecule has 0 spiro atoms. The van der Waals surface area contributed by atoms with Crippen LogP contribution in [0.2, 0.25) is 0 Å². The lowest BCUT2D eigenvalue weighted by molar-refractivity contribution is -0.125. The predicted octanol–water partition coefficient (Wildman–Crippen LogP) is 2.56. The summed E-state index contributed by atoms with van der Waals surface area (Å²) in [7, 11) is -2.17. The third-order valence-corrected chi connectivity index (χ3v) is 6.03. The fourth-order valence-corrected chi connectivity index (χ4v) is 3.68. The number of benzene rings is 1. The number of carbonyl (C=O) groups is 2. The van der Waals surface area contributed by atoms with Crippen LogP contribution in [-0.2, 0) is 32.7 Å². The highest BCUT2D eigenvalue weighted by Gasteiger charge is 2.16. The van der Waals surface area contributed by atoms with E-state index in [0.29, 0.717) is 25.2 Å². The molecule has 0 fully saturated rings. The van der Waals surface area contributed by atoms with Gasteiger partial charge in [0.05, 0.1) is 18.9 Å². The quantitative estimate of drug-likeness (QED) is 0.344. The van der Waals surface area contributed by atoms with Crippen LogP contribution >= 0.6 is 0 Å². The molecule has 3 heterocycles. The summed E-state index contributed by atoms with van der Waals surface area (Å²) in [5, 5.41) is 11.7. The Labute approximate surface area is 203 Å². The standard InChI is InChI=1S/C22H21N3O3.C2H6O4S/c1-14-17-5-3-4-6-18(17)28-19(14)13-25(2)21(27)10-7-15-11-16-8-9-20(26)24-22(16)23-12-15;3-1-2-7(4,5)6/h3-7,10-12H,8-9,13H2,1-2H3,(H,23,24,26);3H,1-2H2,(H,4,5,6)/b10-7+;. The molecule has 1 aromatic carbocycles. The molecule has 3 N–H and O–H groups in total. The SMILES string of the molecule is Cc1c(CN(C)C(=O)/C=C/c2cnc3c(c2)CCC(=O)N3)oc2ccccc12.O=S(=O)(O)CCO. The van der Waals surface area contributed by atoms with Crippen molar-refractivity contribution in [3.8, 4) is 0 Å². The molecule has 10 nitrogen and oxygen atoms in total. The first kappa shape index (κ1) is 26.1. The Morgan fingerprint density at radius 3 is 2.69 bits per heavy atom. The van der Waals surface area contributed by atoms with Crippen LogP contribution in [-0.4, -0.2) is 59.2 Å². The van der Waals surface area contributed by atoms with Gasteiger partial charge in [-0.05, 0) is 42.7 Å². The number of nitrogens with one attached hydrogen (secondary N) is 1. The van der Waals surface area contributed by atoms with Crippen molar-refractivity contribution in [3.05, 3.63) is 65.1 Å². The average molecular weight is 502 g/mol. The van der Waals surface area contributed by atoms with Gasteiger partial charge in [-0.15, -0.1) is 0 Å². The number of amides is 2. The second-order valence-corrected chi connectivity index (χ2v) is 9.58. The molecule has 4 rings (SSSR count). The van der Waals surface area contributed by atoms with Crippen molar-refractivity contribution in [2.24, 2.45) is 0 Å². The summed E-state index contributed by atoms with van der Waals surface area (Å²) in [5.41, 5.74) is 3.70. The molecule has 2 amide bonds. The number of aliphatic hydroxyl groups excluding tert-OH is 1. The summed E-state index contributed by atoms with van der Waals surface area (Å²) >= 11 is 0. The summed E-state index contributed by atoms with van der Waals surface area (Å²) in [6.45, 7) is 1.88. The van der Waals surface area contributed by atoms with Crippen LogP contribution in [0.5, 0.6) is 0 Å². The molecule has 1 aliphatic rings. The molecule has 35 heavy (non-hydrogen) atoms. The van der Waals surface area contributed by atoms with Gasteiger partial charge in [0.1, 0.15) is 17.2 Å². The van der Waals surface area contributed by atoms with E-state index in [-0.39, 0.29) is 11.8 Å². The Kier molecular flexibility index (Phi) is 8.39. The van der Waals surface area contributed by atoms with E-state index in [0.717, 1.165) is 33.4 Å². The van der Waals surface area contributed by atoms with Crippen LogP contribution in [0.25, 0.3) is 17.0 Å². The topological polar surface area (TPSA) is 150 Å². The highest BCUT2D eigenvalue weighted by Crippen LogP contribution is 2.26. The highest BCUT2D eigenvalue weighted by atomic mass is 32.2. The van der Waals surface area contributed by atoms with Gasteiger partial charge in [0.15, 0.2) is 0 Å². The minimum absolute atomic E-state index is 0.0130. The smallest absolute Gasteiger partial charge is 0.267 e. The van der Waals surface area contributed by atoms with Gasteiger partial charge in [-0.25, -0.2) is 4.98 Å². The molecule has 3 aromatic rings. The van der Waals surface area contributed by atoms with Crippen molar-refractivity contribution in [2.75, 3.05) is 24.7 Å². The Hall–Kier alpha value is -3.54. The van der Waals surface area contributed by atoms with Crippen molar-refractivity contribution in [1.82, 2.24) is 9.88 Å². The van der Waals surface area contributed by atoms with E-state index in [2.05, 4.69) is 10.3 Å². The highest BCUT2D eigenvalue weighted by molar-refractivity contribution is 7.85. The number of pyridine rings is 1. The lowest BCUT2D eigenvalue weighted by Gasteiger charge is -2.16. The van der Waals surface area contributed by atoms with Crippen LogP contribution < -0.4 is 5.32 Å². The number of aryl methyl sites for hydroxylation is 2. The van der Waals surface area contributed by atoms with Crippen molar-refractivity contribution >= 4 is 44.8 Å². The molecule has 2 aromatic heterocycles. The van der Waals surface area contributed by atoms with E-state index in [1.165, 1.54) is 6.08 Å². The first-order valence-electron chi connectivity index (χ1n) is 10.8. The van der Waals surface area contributed by atoms with Crippen LogP contribution in [0.4, 0.5) is 5.82 Å². The number of hydrogen-bond donors (Lipinski definition) is 3. The minimum Gasteiger partial charge on any atom is -0.459 e. The molecular weight excluding hydrogens is 474 g/mol. The van der Waals surface area contributed by atoms with Gasteiger partial charge >= 0.3 is 0 Å². The number of aliphatic hydroxyl groups is 1. The maximum absolute atomic E-state index is 12.5. The number of hydrogen-bond acceptors (Lipinski definition) is 7. The first-order chi connectivity index (χ1) is 16.6. The third kappa shape index (κ3) is 7.22. The Bertz CT molecular complexity index is 1360. The number of rotatable bonds is 6. The maximum atomic E-state index is 12.5. The molecule has 0 unspecified atom stereocenters. The maximum Gasteiger partial charge on any atom is 0.267 e. The predicted molar refractivity (Wildman–Crippen MR) is 131 cm³/mol. The summed E-state index contributed by atoms with van der Waals surface area (Å²) in [4.78, 5) is 29.8. The number of furan rings is 1. The molecular formula is C24H27N3O7S. The lowest BCUT2D eigenvalue weighted by atomic mass is 10.0. The summed E-state index contributed by atoms with van der Waals surface area (Å²) in [6.07, 6.45) is 6.05. The second kappa shape index (κ2) is 11.3. The Balaban J connectivity index is 0.000000429. The zero-order chi connectivity index (χ0) is 25.6. The lowest BCUT2D eigenvalue weighted by Crippen LogP contribution is -2.24. The first-order valence-corrected chi connectivity index (χ1v) is 12.4. The van der Waals surface area contributed by atoms with Crippen LogP contribution in [0.15, 0.2) is 47.0 Å². The monoisotopic (exact) mass is 501 g/mol. The van der Waals surface area contributed by atoms with E-state index in [4.69, 9.17) is 14.1 Å². The van der Waals surface area contributed by atoms with E-state index in [1.807, 2.05) is 37.3 Å². The molecule has 0 saturated heterocycles. The molecule has 0 bridgehead atoms. The van der Waals surface area contributed by atoms with Gasteiger partial charge in [0, 0.05) is 36.7 Å². The molecule has 0 atom stereocenters. The van der Waals surface area contributed by atoms with Crippen LogP contribution in [0.1, 0.15) is 28.9 Å². The number of likely N-dealkylation sites (N-methyl/N-ethyl adjacent to an activating group) is 1. The van der Waals surface area contributed by atoms with Crippen LogP contribution in [0, 0.1) is 6.92 Å².